The molecule has 1 unspecified atom stereocenters. The molecule has 1 N–H and O–H groups in total. The largest absolute Gasteiger partial charge is 0.370 e. The van der Waals surface area contributed by atoms with Crippen molar-refractivity contribution in [3.63, 3.8) is 0 Å². The summed E-state index contributed by atoms with van der Waals surface area (Å²) in [5, 5.41) is 3.49. The minimum Gasteiger partial charge on any atom is -0.370 e. The molecule has 2 rings (SSSR count). The second-order valence-electron chi connectivity index (χ2n) is 5.80. The summed E-state index contributed by atoms with van der Waals surface area (Å²) in [7, 11) is 0. The fourth-order valence-electron chi connectivity index (χ4n) is 2.90. The Kier molecular flexibility index (Phi) is 5.84. The van der Waals surface area contributed by atoms with E-state index in [0.29, 0.717) is 6.04 Å². The van der Waals surface area contributed by atoms with Crippen LogP contribution in [0.3, 0.4) is 0 Å². The van der Waals surface area contributed by atoms with Gasteiger partial charge in [-0.2, -0.15) is 0 Å². The first-order valence-corrected chi connectivity index (χ1v) is 8.22. The highest BCUT2D eigenvalue weighted by Gasteiger charge is 2.20. The van der Waals surface area contributed by atoms with Gasteiger partial charge in [-0.05, 0) is 50.8 Å². The predicted molar refractivity (Wildman–Crippen MR) is 86.2 cm³/mol. The van der Waals surface area contributed by atoms with Crippen LogP contribution in [-0.4, -0.2) is 24.6 Å². The van der Waals surface area contributed by atoms with Crippen LogP contribution in [0.4, 0.5) is 5.69 Å². The number of pyridine rings is 1. The molecule has 0 bridgehead atoms. The Morgan fingerprint density at radius 2 is 2.10 bits per heavy atom. The minimum atomic E-state index is 0.385. The average Bonchev–Trinajstić information content (AvgIpc) is 2.44. The van der Waals surface area contributed by atoms with Crippen LogP contribution in [0.2, 0.25) is 0 Å². The van der Waals surface area contributed by atoms with Crippen LogP contribution in [0.1, 0.15) is 58.2 Å². The Labute approximate surface area is 123 Å². The van der Waals surface area contributed by atoms with Crippen molar-refractivity contribution in [1.82, 2.24) is 10.3 Å². The number of nitrogens with zero attached hydrogens (tertiary/aromatic N) is 2. The third-order valence-corrected chi connectivity index (χ3v) is 4.44. The monoisotopic (exact) mass is 275 g/mol. The maximum atomic E-state index is 4.68. The molecule has 0 saturated heterocycles. The Morgan fingerprint density at radius 1 is 1.30 bits per heavy atom. The van der Waals surface area contributed by atoms with E-state index in [0.717, 1.165) is 31.1 Å². The molecular formula is C17H29N3. The lowest BCUT2D eigenvalue weighted by molar-refractivity contribution is 0.318. The van der Waals surface area contributed by atoms with Gasteiger partial charge in [0.05, 0.1) is 17.6 Å². The standard InChI is InChI=1S/C17H29N3/c1-4-16(18-5-2)17-11-10-15(12-19-17)20(6-3)13-14-8-7-9-14/h10-12,14,16,18H,4-9,13H2,1-3H3. The van der Waals surface area contributed by atoms with E-state index in [1.54, 1.807) is 0 Å². The molecule has 1 aromatic heterocycles. The number of hydrogen-bond acceptors (Lipinski definition) is 3. The van der Waals surface area contributed by atoms with Gasteiger partial charge in [-0.1, -0.05) is 20.3 Å². The molecule has 1 heterocycles. The summed E-state index contributed by atoms with van der Waals surface area (Å²) < 4.78 is 0. The van der Waals surface area contributed by atoms with Gasteiger partial charge in [0, 0.05) is 19.1 Å². The van der Waals surface area contributed by atoms with Crippen LogP contribution in [0.15, 0.2) is 18.3 Å². The fourth-order valence-corrected chi connectivity index (χ4v) is 2.90. The number of aromatic nitrogens is 1. The van der Waals surface area contributed by atoms with E-state index < -0.39 is 0 Å². The highest BCUT2D eigenvalue weighted by Crippen LogP contribution is 2.29. The van der Waals surface area contributed by atoms with E-state index in [9.17, 15) is 0 Å². The summed E-state index contributed by atoms with van der Waals surface area (Å²) in [6.07, 6.45) is 7.36. The van der Waals surface area contributed by atoms with Gasteiger partial charge < -0.3 is 10.2 Å². The Hall–Kier alpha value is -1.09. The van der Waals surface area contributed by atoms with Crippen LogP contribution >= 0.6 is 0 Å². The minimum absolute atomic E-state index is 0.385. The summed E-state index contributed by atoms with van der Waals surface area (Å²) in [4.78, 5) is 7.15. The smallest absolute Gasteiger partial charge is 0.0574 e. The Morgan fingerprint density at radius 3 is 2.55 bits per heavy atom. The molecule has 0 amide bonds. The first-order chi connectivity index (χ1) is 9.78. The van der Waals surface area contributed by atoms with Gasteiger partial charge in [0.1, 0.15) is 0 Å². The number of anilines is 1. The second-order valence-corrected chi connectivity index (χ2v) is 5.80. The molecule has 0 aromatic carbocycles. The second kappa shape index (κ2) is 7.63. The molecule has 0 spiro atoms. The quantitative estimate of drug-likeness (QED) is 0.783. The van der Waals surface area contributed by atoms with Gasteiger partial charge in [-0.15, -0.1) is 0 Å². The zero-order valence-corrected chi connectivity index (χ0v) is 13.2. The molecule has 3 heteroatoms. The Balaban J connectivity index is 2.01. The van der Waals surface area contributed by atoms with Crippen LogP contribution < -0.4 is 10.2 Å². The molecule has 1 fully saturated rings. The zero-order chi connectivity index (χ0) is 14.4. The lowest BCUT2D eigenvalue weighted by Gasteiger charge is -2.33. The van der Waals surface area contributed by atoms with Crippen molar-refractivity contribution >= 4 is 5.69 Å². The van der Waals surface area contributed by atoms with Crippen molar-refractivity contribution in [2.75, 3.05) is 24.5 Å². The maximum absolute atomic E-state index is 4.68. The van der Waals surface area contributed by atoms with E-state index in [4.69, 9.17) is 0 Å². The van der Waals surface area contributed by atoms with Crippen molar-refractivity contribution in [3.8, 4) is 0 Å². The summed E-state index contributed by atoms with van der Waals surface area (Å²) in [6.45, 7) is 9.85. The van der Waals surface area contributed by atoms with Gasteiger partial charge in [0.25, 0.3) is 0 Å². The number of nitrogens with one attached hydrogen (secondary N) is 1. The number of hydrogen-bond donors (Lipinski definition) is 1. The van der Waals surface area contributed by atoms with Crippen molar-refractivity contribution < 1.29 is 0 Å². The van der Waals surface area contributed by atoms with Gasteiger partial charge >= 0.3 is 0 Å². The molecule has 1 aliphatic rings. The van der Waals surface area contributed by atoms with Crippen molar-refractivity contribution in [3.05, 3.63) is 24.0 Å². The van der Waals surface area contributed by atoms with Gasteiger partial charge in [-0.25, -0.2) is 0 Å². The predicted octanol–water partition coefficient (Wildman–Crippen LogP) is 3.77. The molecule has 0 aliphatic heterocycles. The Bertz CT molecular complexity index is 384. The molecule has 0 radical (unpaired) electrons. The lowest BCUT2D eigenvalue weighted by atomic mass is 9.85. The lowest BCUT2D eigenvalue weighted by Crippen LogP contribution is -2.32. The first kappa shape index (κ1) is 15.3. The molecule has 112 valence electrons. The summed E-state index contributed by atoms with van der Waals surface area (Å²) >= 11 is 0. The fraction of sp³-hybridized carbons (Fsp3) is 0.706. The molecule has 20 heavy (non-hydrogen) atoms. The van der Waals surface area contributed by atoms with Crippen LogP contribution in [0.25, 0.3) is 0 Å². The van der Waals surface area contributed by atoms with Crippen molar-refractivity contribution in [2.24, 2.45) is 5.92 Å². The van der Waals surface area contributed by atoms with E-state index in [-0.39, 0.29) is 0 Å². The third-order valence-electron chi connectivity index (χ3n) is 4.44. The highest BCUT2D eigenvalue weighted by atomic mass is 15.1. The van der Waals surface area contributed by atoms with Gasteiger partial charge in [-0.3, -0.25) is 4.98 Å². The zero-order valence-electron chi connectivity index (χ0n) is 13.2. The van der Waals surface area contributed by atoms with Gasteiger partial charge in [0.2, 0.25) is 0 Å². The SMILES string of the molecule is CCNC(CC)c1ccc(N(CC)CC2CCC2)cn1. The van der Waals surface area contributed by atoms with Crippen molar-refractivity contribution in [1.29, 1.82) is 0 Å². The molecule has 1 saturated carbocycles. The van der Waals surface area contributed by atoms with Crippen LogP contribution in [0.5, 0.6) is 0 Å². The molecule has 1 aromatic rings. The molecular weight excluding hydrogens is 246 g/mol. The van der Waals surface area contributed by atoms with E-state index in [1.807, 2.05) is 0 Å². The normalized spacial score (nSPS) is 16.8. The summed E-state index contributed by atoms with van der Waals surface area (Å²) in [6, 6.07) is 4.82. The third kappa shape index (κ3) is 3.72. The van der Waals surface area contributed by atoms with E-state index in [1.165, 1.54) is 31.5 Å². The number of rotatable bonds is 8. The van der Waals surface area contributed by atoms with E-state index >= 15 is 0 Å². The summed E-state index contributed by atoms with van der Waals surface area (Å²) in [5.41, 5.74) is 2.44. The summed E-state index contributed by atoms with van der Waals surface area (Å²) in [5.74, 6) is 0.903. The van der Waals surface area contributed by atoms with E-state index in [2.05, 4.69) is 54.3 Å². The molecule has 3 nitrogen and oxygen atoms in total. The van der Waals surface area contributed by atoms with Crippen LogP contribution in [0, 0.1) is 5.92 Å². The maximum Gasteiger partial charge on any atom is 0.0574 e. The average molecular weight is 275 g/mol. The highest BCUT2D eigenvalue weighted by molar-refractivity contribution is 5.44. The first-order valence-electron chi connectivity index (χ1n) is 8.22. The van der Waals surface area contributed by atoms with Crippen LogP contribution in [-0.2, 0) is 0 Å². The molecule has 1 aliphatic carbocycles. The molecule has 1 atom stereocenters. The van der Waals surface area contributed by atoms with Crippen molar-refractivity contribution in [2.45, 2.75) is 52.5 Å². The topological polar surface area (TPSA) is 28.2 Å². The van der Waals surface area contributed by atoms with Gasteiger partial charge in [0.15, 0.2) is 0 Å².